The molecule has 2 nitrogen and oxygen atoms in total. The van der Waals surface area contributed by atoms with Gasteiger partial charge in [-0.1, -0.05) is 0 Å². The Morgan fingerprint density at radius 2 is 1.73 bits per heavy atom. The predicted molar refractivity (Wildman–Crippen MR) is 50.8 cm³/mol. The summed E-state index contributed by atoms with van der Waals surface area (Å²) >= 11 is 0. The molecule has 0 amide bonds. The van der Waals surface area contributed by atoms with Gasteiger partial charge in [0, 0.05) is 13.1 Å². The Hall–Kier alpha value is -0.940. The summed E-state index contributed by atoms with van der Waals surface area (Å²) in [5, 5.41) is 2.87. The third-order valence-electron chi connectivity index (χ3n) is 2.03. The van der Waals surface area contributed by atoms with Crippen LogP contribution in [0.15, 0.2) is 12.1 Å². The van der Waals surface area contributed by atoms with E-state index in [9.17, 15) is 13.2 Å². The van der Waals surface area contributed by atoms with Crippen LogP contribution in [0.2, 0.25) is 0 Å². The quantitative estimate of drug-likeness (QED) is 0.796. The van der Waals surface area contributed by atoms with Gasteiger partial charge >= 0.3 is 0 Å². The number of nitrogens with one attached hydrogen (secondary N) is 1. The fourth-order valence-electron chi connectivity index (χ4n) is 1.13. The van der Waals surface area contributed by atoms with Gasteiger partial charge in [-0.3, -0.25) is 0 Å². The average molecular weight is 240 g/mol. The molecule has 6 heteroatoms. The molecule has 1 aliphatic rings. The van der Waals surface area contributed by atoms with Crippen molar-refractivity contribution in [2.24, 2.45) is 0 Å². The van der Waals surface area contributed by atoms with Crippen LogP contribution in [0.5, 0.6) is 5.75 Å². The Kier molecular flexibility index (Phi) is 3.82. The summed E-state index contributed by atoms with van der Waals surface area (Å²) in [6.45, 7) is 1.05. The van der Waals surface area contributed by atoms with Gasteiger partial charge in [-0.2, -0.15) is 4.39 Å². The molecule has 15 heavy (non-hydrogen) atoms. The minimum absolute atomic E-state index is 0. The number of benzene rings is 1. The van der Waals surface area contributed by atoms with E-state index in [1.807, 2.05) is 0 Å². The summed E-state index contributed by atoms with van der Waals surface area (Å²) < 4.78 is 43.7. The van der Waals surface area contributed by atoms with Crippen LogP contribution in [0.25, 0.3) is 0 Å². The molecule has 0 bridgehead atoms. The summed E-state index contributed by atoms with van der Waals surface area (Å²) in [7, 11) is 0. The molecule has 1 heterocycles. The van der Waals surface area contributed by atoms with Gasteiger partial charge < -0.3 is 10.1 Å². The summed E-state index contributed by atoms with van der Waals surface area (Å²) in [5.41, 5.74) is 0. The van der Waals surface area contributed by atoms with Crippen molar-refractivity contribution >= 4 is 12.4 Å². The van der Waals surface area contributed by atoms with Crippen molar-refractivity contribution in [1.29, 1.82) is 0 Å². The molecule has 0 radical (unpaired) electrons. The molecule has 0 aromatic heterocycles. The molecule has 0 unspecified atom stereocenters. The van der Waals surface area contributed by atoms with E-state index in [2.05, 4.69) is 5.32 Å². The second kappa shape index (κ2) is 4.72. The monoisotopic (exact) mass is 239 g/mol. The van der Waals surface area contributed by atoms with Gasteiger partial charge in [-0.05, 0) is 12.1 Å². The predicted octanol–water partition coefficient (Wildman–Crippen LogP) is 1.88. The van der Waals surface area contributed by atoms with Gasteiger partial charge in [0.05, 0.1) is 0 Å². The van der Waals surface area contributed by atoms with Crippen LogP contribution in [0.1, 0.15) is 0 Å². The van der Waals surface area contributed by atoms with Crippen LogP contribution >= 0.6 is 12.4 Å². The molecule has 1 aliphatic heterocycles. The van der Waals surface area contributed by atoms with E-state index < -0.39 is 23.2 Å². The van der Waals surface area contributed by atoms with E-state index in [0.29, 0.717) is 13.1 Å². The first-order valence-electron chi connectivity index (χ1n) is 4.19. The van der Waals surface area contributed by atoms with Crippen molar-refractivity contribution in [2.45, 2.75) is 6.10 Å². The van der Waals surface area contributed by atoms with Crippen LogP contribution in [-0.2, 0) is 0 Å². The largest absolute Gasteiger partial charge is 0.482 e. The molecule has 0 saturated carbocycles. The first kappa shape index (κ1) is 12.1. The molecular weight excluding hydrogens is 231 g/mol. The Bertz CT molecular complexity index is 357. The van der Waals surface area contributed by atoms with E-state index in [0.717, 1.165) is 12.1 Å². The van der Waals surface area contributed by atoms with Crippen LogP contribution in [0, 0.1) is 17.5 Å². The lowest BCUT2D eigenvalue weighted by atomic mass is 10.2. The van der Waals surface area contributed by atoms with Crippen molar-refractivity contribution in [2.75, 3.05) is 13.1 Å². The van der Waals surface area contributed by atoms with Gasteiger partial charge in [0.15, 0.2) is 17.4 Å². The molecule has 0 aliphatic carbocycles. The second-order valence-electron chi connectivity index (χ2n) is 3.07. The van der Waals surface area contributed by atoms with Crippen molar-refractivity contribution in [3.8, 4) is 5.75 Å². The van der Waals surface area contributed by atoms with Gasteiger partial charge in [-0.25, -0.2) is 8.78 Å². The van der Waals surface area contributed by atoms with E-state index >= 15 is 0 Å². The minimum Gasteiger partial charge on any atom is -0.482 e. The second-order valence-corrected chi connectivity index (χ2v) is 3.07. The molecule has 0 atom stereocenters. The highest BCUT2D eigenvalue weighted by atomic mass is 35.5. The Morgan fingerprint density at radius 1 is 1.13 bits per heavy atom. The van der Waals surface area contributed by atoms with E-state index in [4.69, 9.17) is 4.74 Å². The lowest BCUT2D eigenvalue weighted by molar-refractivity contribution is 0.128. The molecule has 84 valence electrons. The average Bonchev–Trinajstić information content (AvgIpc) is 2.09. The Labute approximate surface area is 90.8 Å². The molecule has 1 aromatic carbocycles. The van der Waals surface area contributed by atoms with Crippen molar-refractivity contribution in [1.82, 2.24) is 5.32 Å². The zero-order valence-corrected chi connectivity index (χ0v) is 8.41. The van der Waals surface area contributed by atoms with Gasteiger partial charge in [0.2, 0.25) is 5.82 Å². The maximum atomic E-state index is 13.0. The normalized spacial score (nSPS) is 15.4. The summed E-state index contributed by atoms with van der Waals surface area (Å²) in [6.07, 6.45) is -0.277. The SMILES string of the molecule is Cl.Fc1ccc(F)c(OC2CNC2)c1F. The maximum absolute atomic E-state index is 13.0. The summed E-state index contributed by atoms with van der Waals surface area (Å²) in [5.74, 6) is -3.88. The lowest BCUT2D eigenvalue weighted by Gasteiger charge is -2.28. The zero-order chi connectivity index (χ0) is 10.1. The molecule has 1 fully saturated rings. The molecule has 2 rings (SSSR count). The zero-order valence-electron chi connectivity index (χ0n) is 7.60. The van der Waals surface area contributed by atoms with Crippen LogP contribution in [0.3, 0.4) is 0 Å². The standard InChI is InChI=1S/C9H8F3NO.ClH/c10-6-1-2-7(11)9(8(6)12)14-5-3-13-4-5;/h1-2,5,13H,3-4H2;1H. The molecular formula is C9H9ClF3NO. The van der Waals surface area contributed by atoms with Crippen molar-refractivity contribution in [3.05, 3.63) is 29.6 Å². The number of halogens is 4. The number of rotatable bonds is 2. The van der Waals surface area contributed by atoms with Crippen LogP contribution in [0.4, 0.5) is 13.2 Å². The molecule has 0 spiro atoms. The topological polar surface area (TPSA) is 21.3 Å². The van der Waals surface area contributed by atoms with Crippen molar-refractivity contribution in [3.63, 3.8) is 0 Å². The fraction of sp³-hybridized carbons (Fsp3) is 0.333. The smallest absolute Gasteiger partial charge is 0.203 e. The first-order valence-corrected chi connectivity index (χ1v) is 4.19. The number of hydrogen-bond acceptors (Lipinski definition) is 2. The highest BCUT2D eigenvalue weighted by Gasteiger charge is 2.23. The first-order chi connectivity index (χ1) is 6.68. The highest BCUT2D eigenvalue weighted by molar-refractivity contribution is 5.85. The fourth-order valence-corrected chi connectivity index (χ4v) is 1.13. The lowest BCUT2D eigenvalue weighted by Crippen LogP contribution is -2.50. The molecule has 1 saturated heterocycles. The number of ether oxygens (including phenoxy) is 1. The van der Waals surface area contributed by atoms with E-state index in [-0.39, 0.29) is 18.5 Å². The van der Waals surface area contributed by atoms with E-state index in [1.54, 1.807) is 0 Å². The Balaban J connectivity index is 0.00000112. The summed E-state index contributed by atoms with van der Waals surface area (Å²) in [4.78, 5) is 0. The highest BCUT2D eigenvalue weighted by Crippen LogP contribution is 2.25. The van der Waals surface area contributed by atoms with Gasteiger partial charge in [0.1, 0.15) is 6.10 Å². The third kappa shape index (κ3) is 2.35. The third-order valence-corrected chi connectivity index (χ3v) is 2.03. The Morgan fingerprint density at radius 3 is 2.27 bits per heavy atom. The molecule has 1 N–H and O–H groups in total. The number of hydrogen-bond donors (Lipinski definition) is 1. The minimum atomic E-state index is -1.27. The van der Waals surface area contributed by atoms with Gasteiger partial charge in [-0.15, -0.1) is 12.4 Å². The summed E-state index contributed by atoms with van der Waals surface area (Å²) in [6, 6.07) is 1.58. The maximum Gasteiger partial charge on any atom is 0.203 e. The van der Waals surface area contributed by atoms with Gasteiger partial charge in [0.25, 0.3) is 0 Å². The van der Waals surface area contributed by atoms with Crippen LogP contribution < -0.4 is 10.1 Å². The van der Waals surface area contributed by atoms with Crippen molar-refractivity contribution < 1.29 is 17.9 Å². The molecule has 1 aromatic rings. The van der Waals surface area contributed by atoms with E-state index in [1.165, 1.54) is 0 Å². The van der Waals surface area contributed by atoms with Crippen LogP contribution in [-0.4, -0.2) is 19.2 Å².